The average Bonchev–Trinajstić information content (AvgIpc) is 2.72. The first kappa shape index (κ1) is 22.4. The predicted molar refractivity (Wildman–Crippen MR) is 114 cm³/mol. The molecule has 0 aromatic heterocycles. The van der Waals surface area contributed by atoms with E-state index in [9.17, 15) is 13.2 Å². The molecule has 7 nitrogen and oxygen atoms in total. The summed E-state index contributed by atoms with van der Waals surface area (Å²) in [5.41, 5.74) is 0.608. The van der Waals surface area contributed by atoms with Crippen molar-refractivity contribution in [2.75, 3.05) is 26.3 Å². The highest BCUT2D eigenvalue weighted by molar-refractivity contribution is 7.89. The van der Waals surface area contributed by atoms with Crippen LogP contribution in [0.5, 0.6) is 11.5 Å². The van der Waals surface area contributed by atoms with E-state index < -0.39 is 10.0 Å². The molecule has 1 N–H and O–H groups in total. The number of sulfonamides is 1. The fourth-order valence-electron chi connectivity index (χ4n) is 2.91. The molecule has 2 aromatic rings. The van der Waals surface area contributed by atoms with Crippen LogP contribution in [0.15, 0.2) is 47.4 Å². The van der Waals surface area contributed by atoms with E-state index in [1.54, 1.807) is 30.3 Å². The number of amides is 1. The largest absolute Gasteiger partial charge is 0.486 e. The SMILES string of the molecule is CC(C)CNC(=O)CN(Cc1ccccc1Cl)S(=O)(=O)c1ccc2c(c1)OCCO2. The van der Waals surface area contributed by atoms with E-state index in [-0.39, 0.29) is 29.8 Å². The van der Waals surface area contributed by atoms with Crippen LogP contribution >= 0.6 is 11.6 Å². The summed E-state index contributed by atoms with van der Waals surface area (Å²) in [4.78, 5) is 12.5. The number of nitrogens with one attached hydrogen (secondary N) is 1. The first-order valence-electron chi connectivity index (χ1n) is 9.67. The van der Waals surface area contributed by atoms with Gasteiger partial charge in [-0.15, -0.1) is 0 Å². The molecular weight excluding hydrogens is 428 g/mol. The lowest BCUT2D eigenvalue weighted by Crippen LogP contribution is -2.41. The summed E-state index contributed by atoms with van der Waals surface area (Å²) in [5.74, 6) is 0.731. The lowest BCUT2D eigenvalue weighted by atomic mass is 10.2. The number of carbonyl (C=O) groups is 1. The second-order valence-electron chi connectivity index (χ2n) is 7.37. The Hall–Kier alpha value is -2.29. The number of carbonyl (C=O) groups excluding carboxylic acids is 1. The normalized spacial score (nSPS) is 13.5. The molecule has 1 amide bonds. The molecule has 9 heteroatoms. The Balaban J connectivity index is 1.91. The van der Waals surface area contributed by atoms with Gasteiger partial charge in [0.15, 0.2) is 11.5 Å². The Kier molecular flexibility index (Phi) is 7.23. The summed E-state index contributed by atoms with van der Waals surface area (Å²) in [5, 5.41) is 3.20. The third-order valence-electron chi connectivity index (χ3n) is 4.48. The monoisotopic (exact) mass is 452 g/mol. The summed E-state index contributed by atoms with van der Waals surface area (Å²) in [6.07, 6.45) is 0. The molecule has 0 saturated heterocycles. The van der Waals surface area contributed by atoms with Crippen LogP contribution in [0.2, 0.25) is 5.02 Å². The summed E-state index contributed by atoms with van der Waals surface area (Å²) in [7, 11) is -4.00. The van der Waals surface area contributed by atoms with E-state index in [2.05, 4.69) is 5.32 Å². The molecule has 0 bridgehead atoms. The van der Waals surface area contributed by atoms with E-state index in [0.29, 0.717) is 41.8 Å². The molecule has 162 valence electrons. The molecule has 1 aliphatic heterocycles. The van der Waals surface area contributed by atoms with Gasteiger partial charge in [-0.1, -0.05) is 43.6 Å². The minimum Gasteiger partial charge on any atom is -0.486 e. The van der Waals surface area contributed by atoms with Gasteiger partial charge in [-0.3, -0.25) is 4.79 Å². The highest BCUT2D eigenvalue weighted by atomic mass is 35.5. The number of hydrogen-bond acceptors (Lipinski definition) is 5. The first-order chi connectivity index (χ1) is 14.3. The van der Waals surface area contributed by atoms with E-state index in [1.807, 2.05) is 13.8 Å². The molecule has 3 rings (SSSR count). The van der Waals surface area contributed by atoms with Gasteiger partial charge in [-0.2, -0.15) is 4.31 Å². The third kappa shape index (κ3) is 5.44. The fourth-order valence-corrected chi connectivity index (χ4v) is 4.50. The van der Waals surface area contributed by atoms with Crippen molar-refractivity contribution in [3.05, 3.63) is 53.1 Å². The molecule has 1 aliphatic rings. The molecule has 0 radical (unpaired) electrons. The summed E-state index contributed by atoms with van der Waals surface area (Å²) in [6.45, 7) is 4.79. The van der Waals surface area contributed by atoms with Gasteiger partial charge >= 0.3 is 0 Å². The quantitative estimate of drug-likeness (QED) is 0.665. The van der Waals surface area contributed by atoms with Crippen LogP contribution in [-0.4, -0.2) is 44.9 Å². The van der Waals surface area contributed by atoms with Crippen molar-refractivity contribution in [3.8, 4) is 11.5 Å². The highest BCUT2D eigenvalue weighted by Gasteiger charge is 2.29. The molecule has 1 heterocycles. The van der Waals surface area contributed by atoms with Crippen LogP contribution in [-0.2, 0) is 21.4 Å². The molecule has 0 spiro atoms. The van der Waals surface area contributed by atoms with Gasteiger partial charge < -0.3 is 14.8 Å². The molecular formula is C21H25ClN2O5S. The first-order valence-corrected chi connectivity index (χ1v) is 11.5. The third-order valence-corrected chi connectivity index (χ3v) is 6.64. The number of rotatable bonds is 8. The number of nitrogens with zero attached hydrogens (tertiary/aromatic N) is 1. The standard InChI is InChI=1S/C21H25ClN2O5S/c1-15(2)12-23-21(25)14-24(13-16-5-3-4-6-18(16)22)30(26,27)17-7-8-19-20(11-17)29-10-9-28-19/h3-8,11,15H,9-10,12-14H2,1-2H3,(H,23,25). The molecule has 2 aromatic carbocycles. The predicted octanol–water partition coefficient (Wildman–Crippen LogP) is 3.07. The zero-order chi connectivity index (χ0) is 21.7. The van der Waals surface area contributed by atoms with E-state index in [4.69, 9.17) is 21.1 Å². The van der Waals surface area contributed by atoms with Crippen LogP contribution in [0.1, 0.15) is 19.4 Å². The Morgan fingerprint density at radius 3 is 2.53 bits per heavy atom. The van der Waals surface area contributed by atoms with Gasteiger partial charge in [-0.25, -0.2) is 8.42 Å². The van der Waals surface area contributed by atoms with Crippen molar-refractivity contribution in [2.45, 2.75) is 25.3 Å². The Labute approximate surface area is 182 Å². The molecule has 0 fully saturated rings. The lowest BCUT2D eigenvalue weighted by molar-refractivity contribution is -0.121. The number of fused-ring (bicyclic) bond motifs is 1. The summed E-state index contributed by atoms with van der Waals surface area (Å²) in [6, 6.07) is 11.4. The fraction of sp³-hybridized carbons (Fsp3) is 0.381. The Morgan fingerprint density at radius 2 is 1.83 bits per heavy atom. The van der Waals surface area contributed by atoms with Crippen LogP contribution < -0.4 is 14.8 Å². The molecule has 0 atom stereocenters. The van der Waals surface area contributed by atoms with E-state index >= 15 is 0 Å². The highest BCUT2D eigenvalue weighted by Crippen LogP contribution is 2.33. The molecule has 30 heavy (non-hydrogen) atoms. The van der Waals surface area contributed by atoms with E-state index in [1.165, 1.54) is 12.1 Å². The van der Waals surface area contributed by atoms with Gasteiger partial charge in [0.25, 0.3) is 0 Å². The van der Waals surface area contributed by atoms with Gasteiger partial charge in [-0.05, 0) is 29.7 Å². The molecule has 0 unspecified atom stereocenters. The second kappa shape index (κ2) is 9.68. The smallest absolute Gasteiger partial charge is 0.243 e. The molecule has 0 saturated carbocycles. The number of ether oxygens (including phenoxy) is 2. The molecule has 0 aliphatic carbocycles. The van der Waals surface area contributed by atoms with Gasteiger partial charge in [0, 0.05) is 24.2 Å². The van der Waals surface area contributed by atoms with Crippen LogP contribution in [0.4, 0.5) is 0 Å². The maximum atomic E-state index is 13.4. The van der Waals surface area contributed by atoms with Crippen LogP contribution in [0.25, 0.3) is 0 Å². The number of hydrogen-bond donors (Lipinski definition) is 1. The minimum absolute atomic E-state index is 0.0236. The van der Waals surface area contributed by atoms with Crippen LogP contribution in [0.3, 0.4) is 0 Å². The van der Waals surface area contributed by atoms with Crippen molar-refractivity contribution < 1.29 is 22.7 Å². The maximum absolute atomic E-state index is 13.4. The van der Waals surface area contributed by atoms with Gasteiger partial charge in [0.2, 0.25) is 15.9 Å². The zero-order valence-electron chi connectivity index (χ0n) is 16.9. The average molecular weight is 453 g/mol. The number of halogens is 1. The van der Waals surface area contributed by atoms with Gasteiger partial charge in [0.05, 0.1) is 11.4 Å². The Bertz CT molecular complexity index is 1010. The minimum atomic E-state index is -4.00. The second-order valence-corrected chi connectivity index (χ2v) is 9.71. The van der Waals surface area contributed by atoms with Gasteiger partial charge in [0.1, 0.15) is 13.2 Å². The van der Waals surface area contributed by atoms with Crippen molar-refractivity contribution in [1.29, 1.82) is 0 Å². The van der Waals surface area contributed by atoms with E-state index in [0.717, 1.165) is 4.31 Å². The lowest BCUT2D eigenvalue weighted by Gasteiger charge is -2.24. The van der Waals surface area contributed by atoms with Crippen LogP contribution in [0, 0.1) is 5.92 Å². The summed E-state index contributed by atoms with van der Waals surface area (Å²) < 4.78 is 38.9. The number of benzene rings is 2. The van der Waals surface area contributed by atoms with Crippen molar-refractivity contribution in [1.82, 2.24) is 9.62 Å². The van der Waals surface area contributed by atoms with Crippen molar-refractivity contribution >= 4 is 27.5 Å². The zero-order valence-corrected chi connectivity index (χ0v) is 18.5. The topological polar surface area (TPSA) is 84.9 Å². The maximum Gasteiger partial charge on any atom is 0.243 e. The van der Waals surface area contributed by atoms with Crippen molar-refractivity contribution in [3.63, 3.8) is 0 Å². The summed E-state index contributed by atoms with van der Waals surface area (Å²) >= 11 is 6.24. The Morgan fingerprint density at radius 1 is 1.13 bits per heavy atom. The van der Waals surface area contributed by atoms with Crippen molar-refractivity contribution in [2.24, 2.45) is 5.92 Å².